The molecule has 1 fully saturated rings. The summed E-state index contributed by atoms with van der Waals surface area (Å²) >= 11 is 0. The zero-order chi connectivity index (χ0) is 17.0. The number of carbonyl (C=O) groups excluding carboxylic acids is 1. The van der Waals surface area contributed by atoms with Gasteiger partial charge in [0, 0.05) is 18.8 Å². The molecule has 1 aromatic rings. The zero-order valence-electron chi connectivity index (χ0n) is 12.2. The highest BCUT2D eigenvalue weighted by atomic mass is 19.4. The molecule has 0 spiro atoms. The molecule has 0 unspecified atom stereocenters. The molecule has 5 nitrogen and oxygen atoms in total. The van der Waals surface area contributed by atoms with Crippen LogP contribution in [0.1, 0.15) is 12.0 Å². The Morgan fingerprint density at radius 3 is 2.78 bits per heavy atom. The van der Waals surface area contributed by atoms with Gasteiger partial charge in [-0.3, -0.25) is 0 Å². The second kappa shape index (κ2) is 7.14. The zero-order valence-corrected chi connectivity index (χ0v) is 12.2. The molecule has 0 saturated carbocycles. The Bertz CT molecular complexity index is 563. The monoisotopic (exact) mass is 335 g/mol. The first-order valence-corrected chi connectivity index (χ1v) is 7.05. The van der Waals surface area contributed by atoms with Crippen molar-refractivity contribution in [2.75, 3.05) is 31.6 Å². The summed E-state index contributed by atoms with van der Waals surface area (Å²) in [4.78, 5) is 13.5. The average molecular weight is 335 g/mol. The predicted molar refractivity (Wildman–Crippen MR) is 75.4 cm³/mol. The molecule has 23 heavy (non-hydrogen) atoms. The maximum absolute atomic E-state index is 13.3. The maximum Gasteiger partial charge on any atom is 0.416 e. The van der Waals surface area contributed by atoms with E-state index in [1.807, 2.05) is 0 Å². The van der Waals surface area contributed by atoms with Crippen LogP contribution < -0.4 is 11.1 Å². The summed E-state index contributed by atoms with van der Waals surface area (Å²) in [6.45, 7) is 1.30. The van der Waals surface area contributed by atoms with Crippen molar-refractivity contribution in [3.05, 3.63) is 29.6 Å². The Morgan fingerprint density at radius 1 is 1.39 bits per heavy atom. The van der Waals surface area contributed by atoms with Gasteiger partial charge in [0.2, 0.25) is 0 Å². The summed E-state index contributed by atoms with van der Waals surface area (Å²) in [5.41, 5.74) is 4.03. The van der Waals surface area contributed by atoms with Crippen LogP contribution in [-0.4, -0.2) is 43.3 Å². The van der Waals surface area contributed by atoms with Gasteiger partial charge in [-0.2, -0.15) is 13.2 Å². The van der Waals surface area contributed by atoms with Gasteiger partial charge in [0.25, 0.3) is 0 Å². The topological polar surface area (TPSA) is 67.6 Å². The molecule has 1 heterocycles. The van der Waals surface area contributed by atoms with E-state index in [2.05, 4.69) is 5.32 Å². The average Bonchev–Trinajstić information content (AvgIpc) is 2.46. The first-order chi connectivity index (χ1) is 10.8. The molecule has 1 aliphatic heterocycles. The molecule has 0 bridgehead atoms. The van der Waals surface area contributed by atoms with Gasteiger partial charge in [-0.05, 0) is 31.2 Å². The standard InChI is InChI=1S/C14H17F4N3O2/c15-10-5-9(14(16,17)18)6-11(7-10)20-13(22)21-3-4-23-12(8-21)1-2-19/h5-7,12H,1-4,8,19H2,(H,20,22)/t12-/m1/s1. The number of ether oxygens (including phenoxy) is 1. The van der Waals surface area contributed by atoms with Crippen molar-refractivity contribution in [1.82, 2.24) is 4.90 Å². The fraction of sp³-hybridized carbons (Fsp3) is 0.500. The molecular formula is C14H17F4N3O2. The molecular weight excluding hydrogens is 318 g/mol. The van der Waals surface area contributed by atoms with E-state index in [0.29, 0.717) is 38.2 Å². The van der Waals surface area contributed by atoms with Crippen molar-refractivity contribution in [3.63, 3.8) is 0 Å². The molecule has 1 aliphatic rings. The van der Waals surface area contributed by atoms with E-state index in [4.69, 9.17) is 10.5 Å². The summed E-state index contributed by atoms with van der Waals surface area (Å²) in [5.74, 6) is -1.07. The molecule has 128 valence electrons. The molecule has 1 atom stereocenters. The minimum absolute atomic E-state index is 0.210. The van der Waals surface area contributed by atoms with Gasteiger partial charge in [-0.25, -0.2) is 9.18 Å². The van der Waals surface area contributed by atoms with Crippen molar-refractivity contribution in [2.24, 2.45) is 5.73 Å². The van der Waals surface area contributed by atoms with Crippen molar-refractivity contribution >= 4 is 11.7 Å². The third kappa shape index (κ3) is 4.80. The number of carbonyl (C=O) groups is 1. The lowest BCUT2D eigenvalue weighted by Crippen LogP contribution is -2.47. The number of anilines is 1. The van der Waals surface area contributed by atoms with Crippen LogP contribution in [0, 0.1) is 5.82 Å². The summed E-state index contributed by atoms with van der Waals surface area (Å²) in [5, 5.41) is 2.29. The Labute approximate surface area is 130 Å². The number of halogens is 4. The van der Waals surface area contributed by atoms with Crippen LogP contribution in [0.4, 0.5) is 28.0 Å². The van der Waals surface area contributed by atoms with Gasteiger partial charge in [0.05, 0.1) is 18.3 Å². The largest absolute Gasteiger partial charge is 0.416 e. The molecule has 0 aromatic heterocycles. The molecule has 1 saturated heterocycles. The summed E-state index contributed by atoms with van der Waals surface area (Å²) in [6, 6.07) is 1.31. The second-order valence-corrected chi connectivity index (χ2v) is 5.17. The van der Waals surface area contributed by atoms with Gasteiger partial charge in [-0.1, -0.05) is 0 Å². The van der Waals surface area contributed by atoms with Gasteiger partial charge in [0.1, 0.15) is 5.82 Å². The number of nitrogens with two attached hydrogens (primary N) is 1. The van der Waals surface area contributed by atoms with Crippen molar-refractivity contribution in [1.29, 1.82) is 0 Å². The van der Waals surface area contributed by atoms with E-state index in [9.17, 15) is 22.4 Å². The SMILES string of the molecule is NCC[C@@H]1CN(C(=O)Nc2cc(F)cc(C(F)(F)F)c2)CCO1. The number of morpholine rings is 1. The number of urea groups is 1. The number of rotatable bonds is 3. The van der Waals surface area contributed by atoms with Crippen LogP contribution in [0.3, 0.4) is 0 Å². The first-order valence-electron chi connectivity index (χ1n) is 7.05. The van der Waals surface area contributed by atoms with E-state index in [1.54, 1.807) is 0 Å². The fourth-order valence-corrected chi connectivity index (χ4v) is 2.29. The third-order valence-corrected chi connectivity index (χ3v) is 3.39. The number of amides is 2. The van der Waals surface area contributed by atoms with Crippen LogP contribution in [0.2, 0.25) is 0 Å². The van der Waals surface area contributed by atoms with E-state index in [0.717, 1.165) is 6.07 Å². The van der Waals surface area contributed by atoms with Gasteiger partial charge >= 0.3 is 12.2 Å². The molecule has 2 amide bonds. The van der Waals surface area contributed by atoms with Crippen molar-refractivity contribution in [3.8, 4) is 0 Å². The molecule has 0 aliphatic carbocycles. The number of hydrogen-bond donors (Lipinski definition) is 2. The molecule has 3 N–H and O–H groups in total. The van der Waals surface area contributed by atoms with Crippen LogP contribution in [0.5, 0.6) is 0 Å². The third-order valence-electron chi connectivity index (χ3n) is 3.39. The summed E-state index contributed by atoms with van der Waals surface area (Å²) in [6.07, 6.45) is -4.33. The highest BCUT2D eigenvalue weighted by Crippen LogP contribution is 2.31. The lowest BCUT2D eigenvalue weighted by Gasteiger charge is -2.32. The highest BCUT2D eigenvalue weighted by molar-refractivity contribution is 5.89. The van der Waals surface area contributed by atoms with Gasteiger partial charge in [0.15, 0.2) is 0 Å². The normalized spacial score (nSPS) is 18.8. The van der Waals surface area contributed by atoms with Crippen LogP contribution in [-0.2, 0) is 10.9 Å². The smallest absolute Gasteiger partial charge is 0.374 e. The predicted octanol–water partition coefficient (Wildman–Crippen LogP) is 2.43. The van der Waals surface area contributed by atoms with Crippen molar-refractivity contribution in [2.45, 2.75) is 18.7 Å². The van der Waals surface area contributed by atoms with Crippen LogP contribution in [0.15, 0.2) is 18.2 Å². The quantitative estimate of drug-likeness (QED) is 0.834. The van der Waals surface area contributed by atoms with Crippen molar-refractivity contribution < 1.29 is 27.1 Å². The Hall–Kier alpha value is -1.87. The molecule has 0 radical (unpaired) electrons. The van der Waals surface area contributed by atoms with E-state index >= 15 is 0 Å². The molecule has 9 heteroatoms. The summed E-state index contributed by atoms with van der Waals surface area (Å²) in [7, 11) is 0. The Kier molecular flexibility index (Phi) is 5.42. The number of alkyl halides is 3. The fourth-order valence-electron chi connectivity index (χ4n) is 2.29. The number of nitrogens with zero attached hydrogens (tertiary/aromatic N) is 1. The minimum atomic E-state index is -4.69. The highest BCUT2D eigenvalue weighted by Gasteiger charge is 2.32. The molecule has 2 rings (SSSR count). The maximum atomic E-state index is 13.3. The Morgan fingerprint density at radius 2 is 2.13 bits per heavy atom. The number of nitrogens with one attached hydrogen (secondary N) is 1. The van der Waals surface area contributed by atoms with Crippen LogP contribution >= 0.6 is 0 Å². The molecule has 1 aromatic carbocycles. The second-order valence-electron chi connectivity index (χ2n) is 5.17. The van der Waals surface area contributed by atoms with E-state index < -0.39 is 23.6 Å². The number of benzene rings is 1. The Balaban J connectivity index is 2.06. The lowest BCUT2D eigenvalue weighted by atomic mass is 10.2. The van der Waals surface area contributed by atoms with Gasteiger partial charge < -0.3 is 20.7 Å². The van der Waals surface area contributed by atoms with E-state index in [-0.39, 0.29) is 18.3 Å². The van der Waals surface area contributed by atoms with Crippen LogP contribution in [0.25, 0.3) is 0 Å². The first kappa shape index (κ1) is 17.5. The van der Waals surface area contributed by atoms with Gasteiger partial charge in [-0.15, -0.1) is 0 Å². The number of hydrogen-bond acceptors (Lipinski definition) is 3. The lowest BCUT2D eigenvalue weighted by molar-refractivity contribution is -0.137. The summed E-state index contributed by atoms with van der Waals surface area (Å²) < 4.78 is 56.7. The van der Waals surface area contributed by atoms with E-state index in [1.165, 1.54) is 4.90 Å². The minimum Gasteiger partial charge on any atom is -0.374 e.